The first-order valence-corrected chi connectivity index (χ1v) is 6.13. The van der Waals surface area contributed by atoms with Crippen molar-refractivity contribution < 1.29 is 9.32 Å². The summed E-state index contributed by atoms with van der Waals surface area (Å²) in [6.07, 6.45) is 0. The molecule has 2 heterocycles. The minimum Gasteiger partial charge on any atom is -0.361 e. The normalized spacial score (nSPS) is 10.7. The van der Waals surface area contributed by atoms with Gasteiger partial charge in [0, 0.05) is 18.8 Å². The fourth-order valence-corrected chi connectivity index (χ4v) is 1.91. The lowest BCUT2D eigenvalue weighted by Crippen LogP contribution is -2.30. The Labute approximate surface area is 112 Å². The molecule has 0 bridgehead atoms. The number of aromatic nitrogens is 3. The molecule has 2 aromatic heterocycles. The lowest BCUT2D eigenvalue weighted by atomic mass is 10.3. The quantitative estimate of drug-likeness (QED) is 0.836. The lowest BCUT2D eigenvalue weighted by molar-refractivity contribution is -0.131. The van der Waals surface area contributed by atoms with Gasteiger partial charge >= 0.3 is 0 Å². The molecule has 0 fully saturated rings. The Morgan fingerprint density at radius 1 is 1.37 bits per heavy atom. The van der Waals surface area contributed by atoms with Crippen molar-refractivity contribution in [3.63, 3.8) is 0 Å². The number of carbonyl (C=O) groups is 1. The van der Waals surface area contributed by atoms with E-state index in [-0.39, 0.29) is 12.5 Å². The molecular weight excluding hydrogens is 244 g/mol. The van der Waals surface area contributed by atoms with Crippen molar-refractivity contribution in [1.82, 2.24) is 19.8 Å². The second-order valence-corrected chi connectivity index (χ2v) is 4.76. The summed E-state index contributed by atoms with van der Waals surface area (Å²) in [5.41, 5.74) is 2.65. The third kappa shape index (κ3) is 3.21. The van der Waals surface area contributed by atoms with E-state index < -0.39 is 0 Å². The van der Waals surface area contributed by atoms with Gasteiger partial charge in [-0.1, -0.05) is 5.16 Å². The third-order valence-corrected chi connectivity index (χ3v) is 2.89. The van der Waals surface area contributed by atoms with Gasteiger partial charge in [0.15, 0.2) is 0 Å². The van der Waals surface area contributed by atoms with Gasteiger partial charge in [0.2, 0.25) is 5.91 Å². The summed E-state index contributed by atoms with van der Waals surface area (Å²) >= 11 is 0. The zero-order chi connectivity index (χ0) is 14.0. The summed E-state index contributed by atoms with van der Waals surface area (Å²) in [6, 6.07) is 3.78. The smallest absolute Gasteiger partial charge is 0.244 e. The predicted octanol–water partition coefficient (Wildman–Crippen LogP) is 1.45. The Kier molecular flexibility index (Phi) is 3.69. The molecule has 0 saturated carbocycles. The van der Waals surface area contributed by atoms with Gasteiger partial charge in [-0.2, -0.15) is 5.10 Å². The molecule has 19 heavy (non-hydrogen) atoms. The standard InChI is InChI=1S/C13H18N4O2/c1-9-5-10(2)17(14-9)8-13(18)16(4)7-12-6-11(3)19-15-12/h5-6H,7-8H2,1-4H3. The number of amides is 1. The van der Waals surface area contributed by atoms with Crippen molar-refractivity contribution in [3.05, 3.63) is 35.0 Å². The molecule has 0 atom stereocenters. The first-order chi connectivity index (χ1) is 8.95. The highest BCUT2D eigenvalue weighted by Crippen LogP contribution is 2.06. The van der Waals surface area contributed by atoms with Crippen molar-refractivity contribution >= 4 is 5.91 Å². The molecule has 0 unspecified atom stereocenters. The maximum absolute atomic E-state index is 12.1. The van der Waals surface area contributed by atoms with Crippen LogP contribution in [-0.2, 0) is 17.9 Å². The molecule has 0 aliphatic carbocycles. The second kappa shape index (κ2) is 5.26. The highest BCUT2D eigenvalue weighted by Gasteiger charge is 2.13. The van der Waals surface area contributed by atoms with E-state index in [1.165, 1.54) is 0 Å². The van der Waals surface area contributed by atoms with Crippen molar-refractivity contribution in [2.45, 2.75) is 33.9 Å². The maximum Gasteiger partial charge on any atom is 0.244 e. The highest BCUT2D eigenvalue weighted by molar-refractivity contribution is 5.75. The number of carbonyl (C=O) groups excluding carboxylic acids is 1. The SMILES string of the molecule is Cc1cc(C)n(CC(=O)N(C)Cc2cc(C)on2)n1. The van der Waals surface area contributed by atoms with E-state index in [0.29, 0.717) is 6.54 Å². The van der Waals surface area contributed by atoms with Crippen LogP contribution < -0.4 is 0 Å². The van der Waals surface area contributed by atoms with Crippen LogP contribution in [0, 0.1) is 20.8 Å². The number of rotatable bonds is 4. The van der Waals surface area contributed by atoms with Crippen LogP contribution in [-0.4, -0.2) is 32.8 Å². The summed E-state index contributed by atoms with van der Waals surface area (Å²) < 4.78 is 6.69. The molecule has 0 aliphatic heterocycles. The predicted molar refractivity (Wildman–Crippen MR) is 69.4 cm³/mol. The van der Waals surface area contributed by atoms with Crippen molar-refractivity contribution in [2.75, 3.05) is 7.05 Å². The van der Waals surface area contributed by atoms with Crippen LogP contribution >= 0.6 is 0 Å². The zero-order valence-corrected chi connectivity index (χ0v) is 11.7. The second-order valence-electron chi connectivity index (χ2n) is 4.76. The third-order valence-electron chi connectivity index (χ3n) is 2.89. The minimum atomic E-state index is -0.00754. The summed E-state index contributed by atoms with van der Waals surface area (Å²) in [7, 11) is 1.75. The maximum atomic E-state index is 12.1. The van der Waals surface area contributed by atoms with Crippen LogP contribution in [0.1, 0.15) is 22.8 Å². The Hall–Kier alpha value is -2.11. The number of likely N-dealkylation sites (N-methyl/N-ethyl adjacent to an activating group) is 1. The molecule has 0 aliphatic rings. The Morgan fingerprint density at radius 3 is 2.63 bits per heavy atom. The van der Waals surface area contributed by atoms with E-state index in [9.17, 15) is 4.79 Å². The fraction of sp³-hybridized carbons (Fsp3) is 0.462. The van der Waals surface area contributed by atoms with Crippen LogP contribution in [0.15, 0.2) is 16.7 Å². The van der Waals surface area contributed by atoms with E-state index in [0.717, 1.165) is 22.8 Å². The Balaban J connectivity index is 1.97. The van der Waals surface area contributed by atoms with E-state index in [1.54, 1.807) is 16.6 Å². The molecule has 0 spiro atoms. The monoisotopic (exact) mass is 262 g/mol. The first-order valence-electron chi connectivity index (χ1n) is 6.13. The number of hydrogen-bond acceptors (Lipinski definition) is 4. The van der Waals surface area contributed by atoms with Gasteiger partial charge in [-0.05, 0) is 26.8 Å². The van der Waals surface area contributed by atoms with Gasteiger partial charge in [0.25, 0.3) is 0 Å². The van der Waals surface area contributed by atoms with Gasteiger partial charge in [-0.3, -0.25) is 9.48 Å². The van der Waals surface area contributed by atoms with E-state index in [1.807, 2.05) is 32.9 Å². The highest BCUT2D eigenvalue weighted by atomic mass is 16.5. The Bertz CT molecular complexity index is 585. The lowest BCUT2D eigenvalue weighted by Gasteiger charge is -2.16. The van der Waals surface area contributed by atoms with Gasteiger partial charge < -0.3 is 9.42 Å². The number of aryl methyl sites for hydroxylation is 3. The molecule has 0 aromatic carbocycles. The van der Waals surface area contributed by atoms with E-state index >= 15 is 0 Å². The van der Waals surface area contributed by atoms with Crippen molar-refractivity contribution in [1.29, 1.82) is 0 Å². The largest absolute Gasteiger partial charge is 0.361 e. The van der Waals surface area contributed by atoms with Gasteiger partial charge in [0.1, 0.15) is 18.0 Å². The van der Waals surface area contributed by atoms with Crippen LogP contribution in [0.4, 0.5) is 0 Å². The molecule has 0 N–H and O–H groups in total. The topological polar surface area (TPSA) is 64.2 Å². The molecule has 102 valence electrons. The molecule has 2 rings (SSSR count). The number of nitrogens with zero attached hydrogens (tertiary/aromatic N) is 4. The average Bonchev–Trinajstić information content (AvgIpc) is 2.85. The molecule has 1 amide bonds. The van der Waals surface area contributed by atoms with Gasteiger partial charge in [0.05, 0.1) is 12.2 Å². The minimum absolute atomic E-state index is 0.00754. The fourth-order valence-electron chi connectivity index (χ4n) is 1.91. The molecule has 6 nitrogen and oxygen atoms in total. The summed E-state index contributed by atoms with van der Waals surface area (Å²) in [5.74, 6) is 0.737. The average molecular weight is 262 g/mol. The zero-order valence-electron chi connectivity index (χ0n) is 11.7. The van der Waals surface area contributed by atoms with E-state index in [4.69, 9.17) is 4.52 Å². The summed E-state index contributed by atoms with van der Waals surface area (Å²) in [4.78, 5) is 13.7. The van der Waals surface area contributed by atoms with Crippen molar-refractivity contribution in [3.8, 4) is 0 Å². The summed E-state index contributed by atoms with van der Waals surface area (Å²) in [6.45, 7) is 6.36. The van der Waals surface area contributed by atoms with Crippen LogP contribution in [0.3, 0.4) is 0 Å². The Morgan fingerprint density at radius 2 is 2.11 bits per heavy atom. The van der Waals surface area contributed by atoms with Crippen LogP contribution in [0.5, 0.6) is 0 Å². The molecule has 6 heteroatoms. The number of hydrogen-bond donors (Lipinski definition) is 0. The van der Waals surface area contributed by atoms with Crippen molar-refractivity contribution in [2.24, 2.45) is 0 Å². The summed E-state index contributed by atoms with van der Waals surface area (Å²) in [5, 5.41) is 8.15. The van der Waals surface area contributed by atoms with Crippen LogP contribution in [0.25, 0.3) is 0 Å². The van der Waals surface area contributed by atoms with E-state index in [2.05, 4.69) is 10.3 Å². The molecule has 2 aromatic rings. The molecule has 0 saturated heterocycles. The van der Waals surface area contributed by atoms with Crippen LogP contribution in [0.2, 0.25) is 0 Å². The first kappa shape index (κ1) is 13.3. The van der Waals surface area contributed by atoms with Gasteiger partial charge in [-0.25, -0.2) is 0 Å². The molecule has 0 radical (unpaired) electrons. The molecular formula is C13H18N4O2. The van der Waals surface area contributed by atoms with Gasteiger partial charge in [-0.15, -0.1) is 0 Å².